The van der Waals surface area contributed by atoms with Gasteiger partial charge in [-0.25, -0.2) is 12.8 Å². The molecule has 234 valence electrons. The van der Waals surface area contributed by atoms with Gasteiger partial charge in [0.2, 0.25) is 11.8 Å². The van der Waals surface area contributed by atoms with Crippen molar-refractivity contribution in [1.29, 1.82) is 0 Å². The van der Waals surface area contributed by atoms with Crippen LogP contribution in [0, 0.1) is 15.9 Å². The summed E-state index contributed by atoms with van der Waals surface area (Å²) in [6.45, 7) is 1.42. The standard InChI is InChI=1S/C33H33FN4O6S/c1-2-21-35-33(40)31(22-25-9-5-3-6-10-25)36(23-26-13-15-27(34)16-14-26)32(39)24-37(28-17-19-29(20-18-28)38(41)42)45(43,44)30-11-7-4-8-12-30/h3-20,31H,2,21-24H2,1H3,(H,35,40)/t31-/m0/s1. The maximum Gasteiger partial charge on any atom is 0.269 e. The molecule has 4 aromatic rings. The van der Waals surface area contributed by atoms with Gasteiger partial charge in [0.1, 0.15) is 18.4 Å². The molecule has 0 aromatic heterocycles. The predicted octanol–water partition coefficient (Wildman–Crippen LogP) is 5.10. The summed E-state index contributed by atoms with van der Waals surface area (Å²) in [7, 11) is -4.35. The fourth-order valence-corrected chi connectivity index (χ4v) is 6.13. The maximum atomic E-state index is 14.3. The summed E-state index contributed by atoms with van der Waals surface area (Å²) in [6.07, 6.45) is 0.783. The van der Waals surface area contributed by atoms with Crippen molar-refractivity contribution in [1.82, 2.24) is 10.2 Å². The molecular weight excluding hydrogens is 599 g/mol. The maximum absolute atomic E-state index is 14.3. The van der Waals surface area contributed by atoms with E-state index in [0.29, 0.717) is 18.5 Å². The summed E-state index contributed by atoms with van der Waals surface area (Å²) in [6, 6.07) is 25.8. The molecule has 0 aliphatic carbocycles. The highest BCUT2D eigenvalue weighted by molar-refractivity contribution is 7.92. The van der Waals surface area contributed by atoms with E-state index in [1.807, 2.05) is 37.3 Å². The first-order chi connectivity index (χ1) is 21.6. The van der Waals surface area contributed by atoms with Crippen LogP contribution >= 0.6 is 0 Å². The number of nitrogens with zero attached hydrogens (tertiary/aromatic N) is 3. The average molecular weight is 633 g/mol. The fraction of sp³-hybridized carbons (Fsp3) is 0.212. The number of hydrogen-bond acceptors (Lipinski definition) is 6. The van der Waals surface area contributed by atoms with E-state index in [1.54, 1.807) is 6.07 Å². The molecule has 0 bridgehead atoms. The van der Waals surface area contributed by atoms with Gasteiger partial charge in [0, 0.05) is 31.6 Å². The van der Waals surface area contributed by atoms with Crippen LogP contribution in [0.2, 0.25) is 0 Å². The van der Waals surface area contributed by atoms with Crippen LogP contribution in [-0.2, 0) is 32.6 Å². The SMILES string of the molecule is CCCNC(=O)[C@H](Cc1ccccc1)N(Cc1ccc(F)cc1)C(=O)CN(c1ccc([N+](=O)[O-])cc1)S(=O)(=O)c1ccccc1. The van der Waals surface area contributed by atoms with Gasteiger partial charge < -0.3 is 10.2 Å². The first-order valence-electron chi connectivity index (χ1n) is 14.3. The summed E-state index contributed by atoms with van der Waals surface area (Å²) in [5, 5.41) is 14.1. The van der Waals surface area contributed by atoms with Crippen molar-refractivity contribution >= 4 is 33.2 Å². The van der Waals surface area contributed by atoms with Crippen LogP contribution in [-0.4, -0.2) is 49.2 Å². The molecule has 0 saturated heterocycles. The number of halogens is 1. The molecule has 4 aromatic carbocycles. The molecule has 12 heteroatoms. The number of sulfonamides is 1. The third kappa shape index (κ3) is 8.51. The topological polar surface area (TPSA) is 130 Å². The number of anilines is 1. The Balaban J connectivity index is 1.79. The largest absolute Gasteiger partial charge is 0.354 e. The Morgan fingerprint density at radius 1 is 0.867 bits per heavy atom. The van der Waals surface area contributed by atoms with E-state index in [-0.39, 0.29) is 29.2 Å². The van der Waals surface area contributed by atoms with Crippen LogP contribution < -0.4 is 9.62 Å². The van der Waals surface area contributed by atoms with Crippen molar-refractivity contribution in [3.05, 3.63) is 136 Å². The molecule has 0 spiro atoms. The van der Waals surface area contributed by atoms with E-state index in [9.17, 15) is 32.5 Å². The van der Waals surface area contributed by atoms with E-state index in [1.165, 1.54) is 65.6 Å². The van der Waals surface area contributed by atoms with Gasteiger partial charge in [0.15, 0.2) is 0 Å². The molecule has 0 heterocycles. The smallest absolute Gasteiger partial charge is 0.269 e. The Labute approximate surface area is 261 Å². The average Bonchev–Trinajstić information content (AvgIpc) is 3.05. The number of nitro benzene ring substituents is 1. The molecule has 2 amide bonds. The van der Waals surface area contributed by atoms with Gasteiger partial charge in [-0.3, -0.25) is 24.0 Å². The normalized spacial score (nSPS) is 11.8. The van der Waals surface area contributed by atoms with E-state index < -0.39 is 45.2 Å². The molecule has 0 fully saturated rings. The highest BCUT2D eigenvalue weighted by Gasteiger charge is 2.34. The van der Waals surface area contributed by atoms with Crippen molar-refractivity contribution in [2.45, 2.75) is 37.2 Å². The molecule has 4 rings (SSSR count). The van der Waals surface area contributed by atoms with E-state index in [0.717, 1.165) is 22.0 Å². The monoisotopic (exact) mass is 632 g/mol. The van der Waals surface area contributed by atoms with Gasteiger partial charge in [-0.1, -0.05) is 67.6 Å². The Hall–Kier alpha value is -5.10. The number of benzene rings is 4. The van der Waals surface area contributed by atoms with Crippen LogP contribution in [0.25, 0.3) is 0 Å². The summed E-state index contributed by atoms with van der Waals surface area (Å²) in [5.41, 5.74) is 1.07. The minimum absolute atomic E-state index is 0.0228. The Morgan fingerprint density at radius 2 is 1.47 bits per heavy atom. The lowest BCUT2D eigenvalue weighted by Crippen LogP contribution is -2.53. The summed E-state index contributed by atoms with van der Waals surface area (Å²) < 4.78 is 42.5. The van der Waals surface area contributed by atoms with Gasteiger partial charge in [0.25, 0.3) is 15.7 Å². The third-order valence-corrected chi connectivity index (χ3v) is 8.83. The zero-order chi connectivity index (χ0) is 32.4. The number of carbonyl (C=O) groups is 2. The van der Waals surface area contributed by atoms with Crippen LogP contribution in [0.15, 0.2) is 114 Å². The molecule has 10 nitrogen and oxygen atoms in total. The van der Waals surface area contributed by atoms with Crippen molar-refractivity contribution < 1.29 is 27.3 Å². The van der Waals surface area contributed by atoms with Crippen LogP contribution in [0.3, 0.4) is 0 Å². The molecule has 0 radical (unpaired) electrons. The molecule has 0 aliphatic heterocycles. The van der Waals surface area contributed by atoms with Crippen molar-refractivity contribution in [2.24, 2.45) is 0 Å². The number of nitrogens with one attached hydrogen (secondary N) is 1. The van der Waals surface area contributed by atoms with Gasteiger partial charge in [-0.05, 0) is 53.9 Å². The molecule has 0 unspecified atom stereocenters. The van der Waals surface area contributed by atoms with Crippen molar-refractivity contribution in [3.63, 3.8) is 0 Å². The van der Waals surface area contributed by atoms with E-state index in [4.69, 9.17) is 0 Å². The zero-order valence-corrected chi connectivity index (χ0v) is 25.4. The zero-order valence-electron chi connectivity index (χ0n) is 24.6. The Morgan fingerprint density at radius 3 is 2.04 bits per heavy atom. The molecule has 1 N–H and O–H groups in total. The highest BCUT2D eigenvalue weighted by atomic mass is 32.2. The minimum atomic E-state index is -4.35. The molecule has 0 saturated carbocycles. The second-order valence-corrected chi connectivity index (χ2v) is 12.1. The first-order valence-corrected chi connectivity index (χ1v) is 15.7. The van der Waals surface area contributed by atoms with Gasteiger partial charge in [-0.2, -0.15) is 0 Å². The van der Waals surface area contributed by atoms with E-state index in [2.05, 4.69) is 5.32 Å². The molecular formula is C33H33FN4O6S. The fourth-order valence-electron chi connectivity index (χ4n) is 4.70. The summed E-state index contributed by atoms with van der Waals surface area (Å²) in [4.78, 5) is 39.8. The number of amides is 2. The number of carbonyl (C=O) groups excluding carboxylic acids is 2. The van der Waals surface area contributed by atoms with Crippen molar-refractivity contribution in [2.75, 3.05) is 17.4 Å². The summed E-state index contributed by atoms with van der Waals surface area (Å²) >= 11 is 0. The number of hydrogen-bond donors (Lipinski definition) is 1. The van der Waals surface area contributed by atoms with Gasteiger partial charge in [-0.15, -0.1) is 0 Å². The number of non-ortho nitro benzene ring substituents is 1. The van der Waals surface area contributed by atoms with Crippen LogP contribution in [0.5, 0.6) is 0 Å². The quantitative estimate of drug-likeness (QED) is 0.152. The van der Waals surface area contributed by atoms with Gasteiger partial charge >= 0.3 is 0 Å². The van der Waals surface area contributed by atoms with Crippen LogP contribution in [0.4, 0.5) is 15.8 Å². The minimum Gasteiger partial charge on any atom is -0.354 e. The Bertz CT molecular complexity index is 1700. The number of nitro groups is 1. The van der Waals surface area contributed by atoms with Crippen LogP contribution in [0.1, 0.15) is 24.5 Å². The second-order valence-electron chi connectivity index (χ2n) is 10.2. The molecule has 0 aliphatic rings. The lowest BCUT2D eigenvalue weighted by atomic mass is 10.0. The predicted molar refractivity (Wildman–Crippen MR) is 168 cm³/mol. The Kier molecular flexibility index (Phi) is 11.0. The summed E-state index contributed by atoms with van der Waals surface area (Å²) in [5.74, 6) is -1.61. The van der Waals surface area contributed by atoms with Crippen molar-refractivity contribution in [3.8, 4) is 0 Å². The number of rotatable bonds is 14. The lowest BCUT2D eigenvalue weighted by molar-refractivity contribution is -0.384. The van der Waals surface area contributed by atoms with E-state index >= 15 is 0 Å². The second kappa shape index (κ2) is 15.1. The first kappa shape index (κ1) is 32.8. The van der Waals surface area contributed by atoms with Gasteiger partial charge in [0.05, 0.1) is 15.5 Å². The highest BCUT2D eigenvalue weighted by Crippen LogP contribution is 2.27. The third-order valence-electron chi connectivity index (χ3n) is 7.05. The molecule has 1 atom stereocenters. The molecule has 45 heavy (non-hydrogen) atoms. The lowest BCUT2D eigenvalue weighted by Gasteiger charge is -2.34.